The van der Waals surface area contributed by atoms with Gasteiger partial charge in [0.2, 0.25) is 5.95 Å². The summed E-state index contributed by atoms with van der Waals surface area (Å²) in [5.74, 6) is 0.230. The second kappa shape index (κ2) is 9.72. The van der Waals surface area contributed by atoms with Gasteiger partial charge in [-0.25, -0.2) is 9.67 Å². The normalized spacial score (nSPS) is 15.0. The maximum atomic E-state index is 13.5. The molecule has 6 rings (SSSR count). The molecule has 1 unspecified atom stereocenters. The molecule has 8 heteroatoms. The van der Waals surface area contributed by atoms with Crippen LogP contribution >= 0.6 is 0 Å². The van der Waals surface area contributed by atoms with E-state index in [9.17, 15) is 9.59 Å². The summed E-state index contributed by atoms with van der Waals surface area (Å²) in [4.78, 5) is 33.4. The zero-order chi connectivity index (χ0) is 26.2. The van der Waals surface area contributed by atoms with Crippen LogP contribution in [0.4, 0.5) is 5.95 Å². The minimum atomic E-state index is -0.338. The molecule has 190 valence electrons. The molecule has 8 nitrogen and oxygen atoms in total. The topological polar surface area (TPSA) is 85.0 Å². The number of amides is 1. The number of para-hydroxylation sites is 2. The Morgan fingerprint density at radius 3 is 2.61 bits per heavy atom. The second-order valence-corrected chi connectivity index (χ2v) is 9.90. The molecular weight excluding hydrogens is 476 g/mol. The highest BCUT2D eigenvalue weighted by atomic mass is 16.2. The van der Waals surface area contributed by atoms with Gasteiger partial charge in [-0.3, -0.25) is 14.9 Å². The van der Waals surface area contributed by atoms with Gasteiger partial charge in [0, 0.05) is 17.2 Å². The summed E-state index contributed by atoms with van der Waals surface area (Å²) < 4.78 is 3.57. The predicted molar refractivity (Wildman–Crippen MR) is 148 cm³/mol. The minimum Gasteiger partial charge on any atom is -0.309 e. The molecule has 2 aromatic heterocycles. The Hall–Kier alpha value is -4.56. The summed E-state index contributed by atoms with van der Waals surface area (Å²) in [5.41, 5.74) is 5.57. The predicted octanol–water partition coefficient (Wildman–Crippen LogP) is 4.42. The van der Waals surface area contributed by atoms with Crippen LogP contribution in [-0.4, -0.2) is 50.8 Å². The van der Waals surface area contributed by atoms with Crippen molar-refractivity contribution >= 4 is 22.9 Å². The fourth-order valence-corrected chi connectivity index (χ4v) is 5.02. The van der Waals surface area contributed by atoms with Crippen LogP contribution in [0, 0.1) is 0 Å². The molecule has 0 aliphatic carbocycles. The van der Waals surface area contributed by atoms with Gasteiger partial charge in [0.1, 0.15) is 0 Å². The van der Waals surface area contributed by atoms with Gasteiger partial charge in [0.25, 0.3) is 11.5 Å². The van der Waals surface area contributed by atoms with Gasteiger partial charge in [0.15, 0.2) is 0 Å². The van der Waals surface area contributed by atoms with E-state index in [-0.39, 0.29) is 17.5 Å². The Labute approximate surface area is 220 Å². The number of imidazole rings is 1. The SMILES string of the molecule is CN(C)CCC1c2cccc(c2)C(=O)Nc2nc3ccccc3n2Cc2cccc(c2)-c2ccc(=O)n1n2. The molecule has 0 radical (unpaired) electrons. The highest BCUT2D eigenvalue weighted by molar-refractivity contribution is 6.04. The lowest BCUT2D eigenvalue weighted by Gasteiger charge is -2.22. The quantitative estimate of drug-likeness (QED) is 0.393. The van der Waals surface area contributed by atoms with Crippen molar-refractivity contribution in [3.05, 3.63) is 112 Å². The number of hydrogen-bond acceptors (Lipinski definition) is 5. The van der Waals surface area contributed by atoms with Crippen LogP contribution in [0.2, 0.25) is 0 Å². The van der Waals surface area contributed by atoms with E-state index in [2.05, 4.69) is 16.3 Å². The number of anilines is 1. The average Bonchev–Trinajstić information content (AvgIpc) is 3.26. The third-order valence-corrected chi connectivity index (χ3v) is 6.95. The monoisotopic (exact) mass is 504 g/mol. The van der Waals surface area contributed by atoms with Gasteiger partial charge in [-0.2, -0.15) is 5.10 Å². The Morgan fingerprint density at radius 2 is 1.74 bits per heavy atom. The summed E-state index contributed by atoms with van der Waals surface area (Å²) >= 11 is 0. The van der Waals surface area contributed by atoms with Crippen LogP contribution in [0.15, 0.2) is 89.7 Å². The lowest BCUT2D eigenvalue weighted by Crippen LogP contribution is -2.30. The Kier molecular flexibility index (Phi) is 6.09. The van der Waals surface area contributed by atoms with Crippen molar-refractivity contribution in [3.8, 4) is 11.3 Å². The van der Waals surface area contributed by atoms with Gasteiger partial charge in [-0.05, 0) is 74.6 Å². The number of fused-ring (bicyclic) bond motifs is 10. The zero-order valence-corrected chi connectivity index (χ0v) is 21.3. The first kappa shape index (κ1) is 23.8. The van der Waals surface area contributed by atoms with E-state index in [1.165, 1.54) is 0 Å². The standard InChI is InChI=1S/C30H28N6O2/c1-34(2)16-15-26-22-9-6-10-23(18-22)29(38)32-30-31-25-11-3-4-12-27(25)35(30)19-20-7-5-8-21(17-20)24-13-14-28(37)36(26)33-24/h3-14,17-18,26H,15-16,19H2,1-2H3,(H,31,32,38). The minimum absolute atomic E-state index is 0.181. The largest absolute Gasteiger partial charge is 0.309 e. The van der Waals surface area contributed by atoms with Crippen molar-refractivity contribution in [2.75, 3.05) is 26.0 Å². The molecule has 3 aromatic carbocycles. The van der Waals surface area contributed by atoms with Crippen LogP contribution < -0.4 is 10.9 Å². The Bertz CT molecular complexity index is 1720. The van der Waals surface area contributed by atoms with Crippen LogP contribution in [0.3, 0.4) is 0 Å². The molecule has 38 heavy (non-hydrogen) atoms. The first-order valence-corrected chi connectivity index (χ1v) is 12.7. The smallest absolute Gasteiger partial charge is 0.267 e. The average molecular weight is 505 g/mol. The van der Waals surface area contributed by atoms with E-state index < -0.39 is 0 Å². The molecule has 1 N–H and O–H groups in total. The molecule has 3 heterocycles. The lowest BCUT2D eigenvalue weighted by molar-refractivity contribution is 0.102. The molecule has 1 atom stereocenters. The molecule has 0 saturated carbocycles. The van der Waals surface area contributed by atoms with Gasteiger partial charge < -0.3 is 9.47 Å². The fraction of sp³-hybridized carbons (Fsp3) is 0.200. The van der Waals surface area contributed by atoms with Crippen molar-refractivity contribution in [1.29, 1.82) is 0 Å². The number of rotatable bonds is 3. The molecular formula is C30H28N6O2. The lowest BCUT2D eigenvalue weighted by atomic mass is 10.0. The highest BCUT2D eigenvalue weighted by Crippen LogP contribution is 2.27. The summed E-state index contributed by atoms with van der Waals surface area (Å²) in [6.07, 6.45) is 0.657. The van der Waals surface area contributed by atoms with Gasteiger partial charge in [-0.15, -0.1) is 0 Å². The third-order valence-electron chi connectivity index (χ3n) is 6.95. The van der Waals surface area contributed by atoms with E-state index in [0.29, 0.717) is 24.5 Å². The van der Waals surface area contributed by atoms with E-state index in [0.717, 1.165) is 40.0 Å². The second-order valence-electron chi connectivity index (χ2n) is 9.90. The summed E-state index contributed by atoms with van der Waals surface area (Å²) in [6, 6.07) is 26.4. The maximum absolute atomic E-state index is 13.5. The van der Waals surface area contributed by atoms with Crippen LogP contribution in [0.5, 0.6) is 0 Å². The van der Waals surface area contributed by atoms with Crippen LogP contribution in [0.25, 0.3) is 22.3 Å². The van der Waals surface area contributed by atoms with Crippen LogP contribution in [0.1, 0.15) is 33.9 Å². The van der Waals surface area contributed by atoms with Crippen LogP contribution in [-0.2, 0) is 6.54 Å². The maximum Gasteiger partial charge on any atom is 0.267 e. The molecule has 1 aliphatic heterocycles. The highest BCUT2D eigenvalue weighted by Gasteiger charge is 2.21. The number of hydrogen-bond donors (Lipinski definition) is 1. The number of carbonyl (C=O) groups excluding carboxylic acids is 1. The molecule has 0 spiro atoms. The van der Waals surface area contributed by atoms with Crippen molar-refractivity contribution < 1.29 is 4.79 Å². The van der Waals surface area contributed by atoms with E-state index >= 15 is 0 Å². The van der Waals surface area contributed by atoms with Crippen molar-refractivity contribution in [1.82, 2.24) is 24.2 Å². The van der Waals surface area contributed by atoms with E-state index in [4.69, 9.17) is 10.1 Å². The molecule has 5 aromatic rings. The summed E-state index contributed by atoms with van der Waals surface area (Å²) in [5, 5.41) is 7.88. The number of carbonyl (C=O) groups is 1. The molecule has 6 bridgehead atoms. The molecule has 0 saturated heterocycles. The van der Waals surface area contributed by atoms with E-state index in [1.54, 1.807) is 22.9 Å². The molecule has 0 fully saturated rings. The number of nitrogens with one attached hydrogen (secondary N) is 1. The van der Waals surface area contributed by atoms with Crippen molar-refractivity contribution in [3.63, 3.8) is 0 Å². The van der Waals surface area contributed by atoms with Gasteiger partial charge in [0.05, 0.1) is 29.3 Å². The molecule has 1 aliphatic rings. The number of benzene rings is 3. The van der Waals surface area contributed by atoms with Crippen molar-refractivity contribution in [2.24, 2.45) is 0 Å². The number of nitrogens with zero attached hydrogens (tertiary/aromatic N) is 5. The van der Waals surface area contributed by atoms with Gasteiger partial charge >= 0.3 is 0 Å². The summed E-state index contributed by atoms with van der Waals surface area (Å²) in [7, 11) is 4.00. The summed E-state index contributed by atoms with van der Waals surface area (Å²) in [6.45, 7) is 1.26. The van der Waals surface area contributed by atoms with Gasteiger partial charge in [-0.1, -0.05) is 42.5 Å². The fourth-order valence-electron chi connectivity index (χ4n) is 5.02. The number of aromatic nitrogens is 4. The van der Waals surface area contributed by atoms with Crippen molar-refractivity contribution in [2.45, 2.75) is 19.0 Å². The Morgan fingerprint density at radius 1 is 0.921 bits per heavy atom. The Balaban J connectivity index is 1.58. The van der Waals surface area contributed by atoms with E-state index in [1.807, 2.05) is 79.3 Å². The zero-order valence-electron chi connectivity index (χ0n) is 21.3. The first-order chi connectivity index (χ1) is 18.5. The molecule has 1 amide bonds. The third kappa shape index (κ3) is 4.50. The first-order valence-electron chi connectivity index (χ1n) is 12.7.